The van der Waals surface area contributed by atoms with Gasteiger partial charge in [0.25, 0.3) is 0 Å². The van der Waals surface area contributed by atoms with Gasteiger partial charge < -0.3 is 10.6 Å². The molecule has 0 bridgehead atoms. The summed E-state index contributed by atoms with van der Waals surface area (Å²) in [5, 5.41) is 10.3. The number of anilines is 1. The predicted octanol–water partition coefficient (Wildman–Crippen LogP) is 1.51. The number of hydrogen-bond acceptors (Lipinski definition) is 3. The molecule has 1 amide bonds. The summed E-state index contributed by atoms with van der Waals surface area (Å²) in [6, 6.07) is 0. The van der Waals surface area contributed by atoms with E-state index in [1.165, 1.54) is 0 Å². The summed E-state index contributed by atoms with van der Waals surface area (Å²) in [5.41, 5.74) is 0.794. The van der Waals surface area contributed by atoms with Crippen molar-refractivity contribution in [1.29, 1.82) is 0 Å². The maximum atomic E-state index is 11.9. The van der Waals surface area contributed by atoms with Crippen LogP contribution in [0.5, 0.6) is 0 Å². The second kappa shape index (κ2) is 6.75. The van der Waals surface area contributed by atoms with Crippen molar-refractivity contribution in [2.24, 2.45) is 11.8 Å². The van der Waals surface area contributed by atoms with Gasteiger partial charge in [0.1, 0.15) is 0 Å². The van der Waals surface area contributed by atoms with Gasteiger partial charge in [0.05, 0.1) is 17.8 Å². The Bertz CT molecular complexity index is 385. The molecule has 1 unspecified atom stereocenters. The molecular weight excluding hydrogens is 252 g/mol. The molecule has 1 aromatic heterocycles. The molecule has 102 valence electrons. The third-order valence-electron chi connectivity index (χ3n) is 2.88. The third kappa shape index (κ3) is 3.99. The number of rotatable bonds is 4. The molecule has 5 nitrogen and oxygen atoms in total. The van der Waals surface area contributed by atoms with E-state index in [1.807, 2.05) is 10.9 Å². The fourth-order valence-corrected chi connectivity index (χ4v) is 2.02. The standard InChI is InChI=1S/C12H20N4O.ClH/c1-9(2)7-16-8-11(6-14-16)15-12(17)10-3-4-13-5-10;/h6,8-10,13H,3-5,7H2,1-2H3,(H,15,17);1H. The van der Waals surface area contributed by atoms with E-state index in [1.54, 1.807) is 6.20 Å². The SMILES string of the molecule is CC(C)Cn1cc(NC(=O)C2CCNC2)cn1.Cl. The average molecular weight is 273 g/mol. The lowest BCUT2D eigenvalue weighted by atomic mass is 10.1. The number of aromatic nitrogens is 2. The maximum absolute atomic E-state index is 11.9. The van der Waals surface area contributed by atoms with Crippen molar-refractivity contribution < 1.29 is 4.79 Å². The third-order valence-corrected chi connectivity index (χ3v) is 2.88. The van der Waals surface area contributed by atoms with Gasteiger partial charge in [-0.3, -0.25) is 9.48 Å². The van der Waals surface area contributed by atoms with Gasteiger partial charge in [-0.1, -0.05) is 13.8 Å². The van der Waals surface area contributed by atoms with E-state index in [4.69, 9.17) is 0 Å². The Balaban J connectivity index is 0.00000162. The minimum atomic E-state index is 0. The number of hydrogen-bond donors (Lipinski definition) is 2. The molecule has 2 N–H and O–H groups in total. The van der Waals surface area contributed by atoms with Crippen molar-refractivity contribution in [3.8, 4) is 0 Å². The van der Waals surface area contributed by atoms with E-state index < -0.39 is 0 Å². The van der Waals surface area contributed by atoms with E-state index in [-0.39, 0.29) is 24.2 Å². The second-order valence-electron chi connectivity index (χ2n) is 5.02. The van der Waals surface area contributed by atoms with Crippen LogP contribution in [0.3, 0.4) is 0 Å². The molecule has 1 saturated heterocycles. The van der Waals surface area contributed by atoms with Crippen LogP contribution in [0.2, 0.25) is 0 Å². The van der Waals surface area contributed by atoms with Crippen LogP contribution in [0.15, 0.2) is 12.4 Å². The molecule has 0 aliphatic carbocycles. The lowest BCUT2D eigenvalue weighted by Gasteiger charge is -2.07. The van der Waals surface area contributed by atoms with E-state index in [9.17, 15) is 4.79 Å². The van der Waals surface area contributed by atoms with Gasteiger partial charge in [0, 0.05) is 19.3 Å². The Morgan fingerprint density at radius 3 is 3.06 bits per heavy atom. The first-order chi connectivity index (χ1) is 8.15. The fraction of sp³-hybridized carbons (Fsp3) is 0.667. The molecule has 18 heavy (non-hydrogen) atoms. The number of halogens is 1. The van der Waals surface area contributed by atoms with Crippen molar-refractivity contribution in [2.45, 2.75) is 26.8 Å². The normalized spacial score (nSPS) is 18.7. The monoisotopic (exact) mass is 272 g/mol. The fourth-order valence-electron chi connectivity index (χ4n) is 2.02. The van der Waals surface area contributed by atoms with Crippen LogP contribution in [0, 0.1) is 11.8 Å². The Morgan fingerprint density at radius 1 is 1.67 bits per heavy atom. The van der Waals surface area contributed by atoms with Crippen LogP contribution in [0.1, 0.15) is 20.3 Å². The highest BCUT2D eigenvalue weighted by molar-refractivity contribution is 5.92. The van der Waals surface area contributed by atoms with Gasteiger partial charge >= 0.3 is 0 Å². The summed E-state index contributed by atoms with van der Waals surface area (Å²) < 4.78 is 1.87. The van der Waals surface area contributed by atoms with Gasteiger partial charge in [0.2, 0.25) is 5.91 Å². The maximum Gasteiger partial charge on any atom is 0.228 e. The topological polar surface area (TPSA) is 59.0 Å². The first-order valence-corrected chi connectivity index (χ1v) is 6.19. The zero-order valence-corrected chi connectivity index (χ0v) is 11.7. The summed E-state index contributed by atoms with van der Waals surface area (Å²) in [5.74, 6) is 0.750. The molecule has 1 aromatic rings. The Hall–Kier alpha value is -1.07. The van der Waals surface area contributed by atoms with Crippen LogP contribution in [-0.4, -0.2) is 28.8 Å². The molecule has 0 saturated carbocycles. The first-order valence-electron chi connectivity index (χ1n) is 6.19. The Labute approximate surface area is 114 Å². The van der Waals surface area contributed by atoms with E-state index >= 15 is 0 Å². The van der Waals surface area contributed by atoms with Crippen LogP contribution >= 0.6 is 12.4 Å². The van der Waals surface area contributed by atoms with Crippen LogP contribution in [0.4, 0.5) is 5.69 Å². The molecule has 6 heteroatoms. The van der Waals surface area contributed by atoms with Gasteiger partial charge in [-0.2, -0.15) is 5.10 Å². The number of nitrogens with zero attached hydrogens (tertiary/aromatic N) is 2. The van der Waals surface area contributed by atoms with Crippen LogP contribution < -0.4 is 10.6 Å². The predicted molar refractivity (Wildman–Crippen MR) is 73.9 cm³/mol. The van der Waals surface area contributed by atoms with Crippen molar-refractivity contribution in [3.05, 3.63) is 12.4 Å². The Kier molecular flexibility index (Phi) is 5.62. The molecule has 0 radical (unpaired) electrons. The second-order valence-corrected chi connectivity index (χ2v) is 5.02. The van der Waals surface area contributed by atoms with Crippen LogP contribution in [0.25, 0.3) is 0 Å². The van der Waals surface area contributed by atoms with Gasteiger partial charge in [-0.15, -0.1) is 12.4 Å². The van der Waals surface area contributed by atoms with Crippen molar-refractivity contribution >= 4 is 24.0 Å². The van der Waals surface area contributed by atoms with Crippen LogP contribution in [-0.2, 0) is 11.3 Å². The Morgan fingerprint density at radius 2 is 2.44 bits per heavy atom. The van der Waals surface area contributed by atoms with Gasteiger partial charge in [0.15, 0.2) is 0 Å². The van der Waals surface area contributed by atoms with E-state index in [2.05, 4.69) is 29.6 Å². The minimum absolute atomic E-state index is 0. The molecule has 1 atom stereocenters. The number of carbonyl (C=O) groups excluding carboxylic acids is 1. The highest BCUT2D eigenvalue weighted by Gasteiger charge is 2.22. The molecule has 1 aliphatic heterocycles. The zero-order valence-electron chi connectivity index (χ0n) is 10.8. The molecule has 2 heterocycles. The summed E-state index contributed by atoms with van der Waals surface area (Å²) in [6.45, 7) is 6.88. The molecular formula is C12H21ClN4O. The molecule has 1 fully saturated rings. The summed E-state index contributed by atoms with van der Waals surface area (Å²) in [4.78, 5) is 11.9. The quantitative estimate of drug-likeness (QED) is 0.874. The zero-order chi connectivity index (χ0) is 12.3. The molecule has 0 aromatic carbocycles. The molecule has 0 spiro atoms. The first kappa shape index (κ1) is 15.0. The van der Waals surface area contributed by atoms with Crippen molar-refractivity contribution in [2.75, 3.05) is 18.4 Å². The van der Waals surface area contributed by atoms with E-state index in [0.29, 0.717) is 5.92 Å². The lowest BCUT2D eigenvalue weighted by Crippen LogP contribution is -2.24. The number of amides is 1. The van der Waals surface area contributed by atoms with Crippen molar-refractivity contribution in [1.82, 2.24) is 15.1 Å². The number of nitrogens with one attached hydrogen (secondary N) is 2. The molecule has 1 aliphatic rings. The van der Waals surface area contributed by atoms with Gasteiger partial charge in [-0.25, -0.2) is 0 Å². The summed E-state index contributed by atoms with van der Waals surface area (Å²) in [6.07, 6.45) is 4.52. The lowest BCUT2D eigenvalue weighted by molar-refractivity contribution is -0.119. The van der Waals surface area contributed by atoms with Gasteiger partial charge in [-0.05, 0) is 18.9 Å². The van der Waals surface area contributed by atoms with Crippen molar-refractivity contribution in [3.63, 3.8) is 0 Å². The largest absolute Gasteiger partial charge is 0.323 e. The number of carbonyl (C=O) groups is 1. The average Bonchev–Trinajstić information content (AvgIpc) is 2.87. The summed E-state index contributed by atoms with van der Waals surface area (Å²) in [7, 11) is 0. The highest BCUT2D eigenvalue weighted by Crippen LogP contribution is 2.12. The summed E-state index contributed by atoms with van der Waals surface area (Å²) >= 11 is 0. The highest BCUT2D eigenvalue weighted by atomic mass is 35.5. The smallest absolute Gasteiger partial charge is 0.228 e. The van der Waals surface area contributed by atoms with E-state index in [0.717, 1.165) is 31.7 Å². The molecule has 2 rings (SSSR count). The minimum Gasteiger partial charge on any atom is -0.323 e.